The molecule has 0 fully saturated rings. The number of thioether (sulfide) groups is 1. The fourth-order valence-electron chi connectivity index (χ4n) is 1.44. The van der Waals surface area contributed by atoms with E-state index in [9.17, 15) is 4.39 Å². The first kappa shape index (κ1) is 12.5. The number of halogens is 1. The van der Waals surface area contributed by atoms with Crippen LogP contribution in [0.25, 0.3) is 0 Å². The fourth-order valence-corrected chi connectivity index (χ4v) is 2.42. The van der Waals surface area contributed by atoms with Crippen LogP contribution in [-0.2, 0) is 0 Å². The van der Waals surface area contributed by atoms with Gasteiger partial charge in [0.1, 0.15) is 5.82 Å². The van der Waals surface area contributed by atoms with Crippen molar-refractivity contribution >= 4 is 11.8 Å². The molecule has 0 aliphatic heterocycles. The highest BCUT2D eigenvalue weighted by atomic mass is 32.2. The van der Waals surface area contributed by atoms with Crippen molar-refractivity contribution in [2.45, 2.75) is 31.7 Å². The van der Waals surface area contributed by atoms with Gasteiger partial charge in [-0.1, -0.05) is 6.92 Å². The van der Waals surface area contributed by atoms with Crippen LogP contribution in [0.5, 0.6) is 0 Å². The lowest BCUT2D eigenvalue weighted by Crippen LogP contribution is -2.13. The minimum Gasteiger partial charge on any atom is -0.313 e. The van der Waals surface area contributed by atoms with Crippen molar-refractivity contribution in [2.75, 3.05) is 12.8 Å². The molecule has 0 heterocycles. The van der Waals surface area contributed by atoms with E-state index >= 15 is 0 Å². The summed E-state index contributed by atoms with van der Waals surface area (Å²) in [6, 6.07) is 3.77. The second-order valence-electron chi connectivity index (χ2n) is 3.58. The maximum Gasteiger partial charge on any atom is 0.126 e. The average molecular weight is 227 g/mol. The summed E-state index contributed by atoms with van der Waals surface area (Å²) >= 11 is 1.76. The third-order valence-electron chi connectivity index (χ3n) is 2.49. The van der Waals surface area contributed by atoms with Crippen LogP contribution in [0.1, 0.15) is 31.0 Å². The van der Waals surface area contributed by atoms with Gasteiger partial charge >= 0.3 is 0 Å². The second-order valence-corrected chi connectivity index (χ2v) is 4.89. The molecule has 0 spiro atoms. The number of aryl methyl sites for hydroxylation is 1. The Morgan fingerprint density at radius 2 is 2.13 bits per heavy atom. The predicted octanol–water partition coefficient (Wildman–Crippen LogP) is 3.53. The maximum atomic E-state index is 13.5. The molecule has 1 aromatic carbocycles. The average Bonchev–Trinajstić information content (AvgIpc) is 2.22. The van der Waals surface area contributed by atoms with Gasteiger partial charge in [-0.05, 0) is 49.9 Å². The molecule has 1 N–H and O–H groups in total. The van der Waals surface area contributed by atoms with E-state index in [2.05, 4.69) is 12.2 Å². The van der Waals surface area contributed by atoms with Gasteiger partial charge in [0.15, 0.2) is 0 Å². The summed E-state index contributed by atoms with van der Waals surface area (Å²) in [4.78, 5) is 1.18. The second kappa shape index (κ2) is 5.52. The third kappa shape index (κ3) is 2.95. The van der Waals surface area contributed by atoms with Crippen LogP contribution in [0.4, 0.5) is 4.39 Å². The van der Waals surface area contributed by atoms with Crippen molar-refractivity contribution in [1.82, 2.24) is 5.32 Å². The first-order valence-corrected chi connectivity index (χ1v) is 6.18. The van der Waals surface area contributed by atoms with Gasteiger partial charge in [-0.15, -0.1) is 11.8 Å². The maximum absolute atomic E-state index is 13.5. The molecule has 1 atom stereocenters. The van der Waals surface area contributed by atoms with Gasteiger partial charge < -0.3 is 5.32 Å². The largest absolute Gasteiger partial charge is 0.313 e. The van der Waals surface area contributed by atoms with Crippen LogP contribution in [0, 0.1) is 12.7 Å². The van der Waals surface area contributed by atoms with E-state index in [1.54, 1.807) is 17.8 Å². The minimum absolute atomic E-state index is 0.118. The molecule has 0 saturated heterocycles. The molecule has 15 heavy (non-hydrogen) atoms. The highest BCUT2D eigenvalue weighted by molar-refractivity contribution is 7.99. The van der Waals surface area contributed by atoms with Gasteiger partial charge in [0, 0.05) is 10.9 Å². The first-order valence-electron chi connectivity index (χ1n) is 5.20. The minimum atomic E-state index is -0.118. The van der Waals surface area contributed by atoms with Crippen molar-refractivity contribution in [3.05, 3.63) is 29.1 Å². The number of rotatable bonds is 4. The van der Waals surface area contributed by atoms with Crippen molar-refractivity contribution in [3.8, 4) is 0 Å². The zero-order chi connectivity index (χ0) is 11.4. The lowest BCUT2D eigenvalue weighted by Gasteiger charge is -2.16. The van der Waals surface area contributed by atoms with Gasteiger partial charge in [0.25, 0.3) is 0 Å². The zero-order valence-electron chi connectivity index (χ0n) is 9.73. The lowest BCUT2D eigenvalue weighted by molar-refractivity contribution is 0.594. The molecule has 0 radical (unpaired) electrons. The molecule has 1 nitrogen and oxygen atoms in total. The molecule has 0 aromatic heterocycles. The molecule has 84 valence electrons. The molecular weight excluding hydrogens is 209 g/mol. The highest BCUT2D eigenvalue weighted by Gasteiger charge is 2.12. The Balaban J connectivity index is 3.15. The summed E-state index contributed by atoms with van der Waals surface area (Å²) in [5, 5.41) is 3.15. The van der Waals surface area contributed by atoms with Crippen LogP contribution in [0.15, 0.2) is 17.0 Å². The molecule has 0 saturated carbocycles. The molecule has 0 aliphatic carbocycles. The summed E-state index contributed by atoms with van der Waals surface area (Å²) < 4.78 is 13.5. The summed E-state index contributed by atoms with van der Waals surface area (Å²) in [5.41, 5.74) is 1.77. The van der Waals surface area contributed by atoms with E-state index in [0.29, 0.717) is 0 Å². The fraction of sp³-hybridized carbons (Fsp3) is 0.500. The predicted molar refractivity (Wildman–Crippen MR) is 65.0 cm³/mol. The Morgan fingerprint density at radius 3 is 2.67 bits per heavy atom. The quantitative estimate of drug-likeness (QED) is 0.790. The molecule has 0 aliphatic rings. The number of hydrogen-bond acceptors (Lipinski definition) is 2. The van der Waals surface area contributed by atoms with Crippen LogP contribution in [-0.4, -0.2) is 12.8 Å². The summed E-state index contributed by atoms with van der Waals surface area (Å²) in [6.07, 6.45) is 0. The van der Waals surface area contributed by atoms with Gasteiger partial charge in [-0.2, -0.15) is 0 Å². The van der Waals surface area contributed by atoms with Gasteiger partial charge in [0.2, 0.25) is 0 Å². The molecule has 3 heteroatoms. The topological polar surface area (TPSA) is 12.0 Å². The normalized spacial score (nSPS) is 12.9. The van der Waals surface area contributed by atoms with Crippen LogP contribution in [0.3, 0.4) is 0 Å². The molecular formula is C12H18FNS. The van der Waals surface area contributed by atoms with Crippen molar-refractivity contribution in [3.63, 3.8) is 0 Å². The third-order valence-corrected chi connectivity index (χ3v) is 3.44. The van der Waals surface area contributed by atoms with Gasteiger partial charge in [-0.25, -0.2) is 4.39 Å². The monoisotopic (exact) mass is 227 g/mol. The molecule has 1 aromatic rings. The Morgan fingerprint density at radius 1 is 1.47 bits per heavy atom. The number of hydrogen-bond donors (Lipinski definition) is 1. The van der Waals surface area contributed by atoms with Crippen LogP contribution >= 0.6 is 11.8 Å². The Labute approximate surface area is 95.5 Å². The number of benzene rings is 1. The van der Waals surface area contributed by atoms with Crippen molar-refractivity contribution in [1.29, 1.82) is 0 Å². The van der Waals surface area contributed by atoms with Crippen LogP contribution in [0.2, 0.25) is 0 Å². The Hall–Kier alpha value is -0.540. The molecule has 0 amide bonds. The van der Waals surface area contributed by atoms with E-state index in [1.165, 1.54) is 4.90 Å². The van der Waals surface area contributed by atoms with E-state index in [1.807, 2.05) is 27.0 Å². The first-order chi connectivity index (χ1) is 7.10. The van der Waals surface area contributed by atoms with Crippen LogP contribution < -0.4 is 5.32 Å². The highest BCUT2D eigenvalue weighted by Crippen LogP contribution is 2.29. The molecule has 1 rings (SSSR count). The lowest BCUT2D eigenvalue weighted by atomic mass is 10.1. The van der Waals surface area contributed by atoms with Gasteiger partial charge in [-0.3, -0.25) is 0 Å². The molecule has 1 unspecified atom stereocenters. The van der Waals surface area contributed by atoms with Crippen molar-refractivity contribution in [2.24, 2.45) is 0 Å². The summed E-state index contributed by atoms with van der Waals surface area (Å²) in [6.45, 7) is 5.96. The molecule has 0 bridgehead atoms. The standard InChI is InChI=1S/C12H18FNS/c1-5-15-12-6-8(2)11(13)7-10(12)9(3)14-4/h6-7,9,14H,5H2,1-4H3. The summed E-state index contributed by atoms with van der Waals surface area (Å²) in [7, 11) is 1.89. The van der Waals surface area contributed by atoms with E-state index < -0.39 is 0 Å². The summed E-state index contributed by atoms with van der Waals surface area (Å²) in [5.74, 6) is 0.890. The smallest absolute Gasteiger partial charge is 0.126 e. The number of nitrogens with one attached hydrogen (secondary N) is 1. The van der Waals surface area contributed by atoms with E-state index in [0.717, 1.165) is 16.9 Å². The van der Waals surface area contributed by atoms with E-state index in [4.69, 9.17) is 0 Å². The van der Waals surface area contributed by atoms with Crippen molar-refractivity contribution < 1.29 is 4.39 Å². The Kier molecular flexibility index (Phi) is 4.61. The zero-order valence-corrected chi connectivity index (χ0v) is 10.5. The van der Waals surface area contributed by atoms with Gasteiger partial charge in [0.05, 0.1) is 0 Å². The Bertz CT molecular complexity index is 339. The van der Waals surface area contributed by atoms with E-state index in [-0.39, 0.29) is 11.9 Å². The SMILES string of the molecule is CCSc1cc(C)c(F)cc1C(C)NC.